The van der Waals surface area contributed by atoms with Gasteiger partial charge in [0.25, 0.3) is 5.91 Å². The van der Waals surface area contributed by atoms with E-state index in [9.17, 15) is 4.79 Å². The van der Waals surface area contributed by atoms with E-state index in [-0.39, 0.29) is 11.3 Å². The highest BCUT2D eigenvalue weighted by Crippen LogP contribution is 2.48. The van der Waals surface area contributed by atoms with Crippen LogP contribution in [0, 0.1) is 12.3 Å². The van der Waals surface area contributed by atoms with Crippen molar-refractivity contribution in [3.8, 4) is 0 Å². The predicted octanol–water partition coefficient (Wildman–Crippen LogP) is 2.53. The van der Waals surface area contributed by atoms with Crippen LogP contribution in [0.1, 0.15) is 35.2 Å². The molecule has 3 nitrogen and oxygen atoms in total. The molecule has 0 aromatic carbocycles. The number of hydrogen-bond acceptors (Lipinski definition) is 2. The molecular weight excluding hydrogens is 236 g/mol. The van der Waals surface area contributed by atoms with Crippen LogP contribution < -0.4 is 5.32 Å². The zero-order valence-corrected chi connectivity index (χ0v) is 10.8. The quantitative estimate of drug-likeness (QED) is 0.819. The van der Waals surface area contributed by atoms with Crippen molar-refractivity contribution in [2.75, 3.05) is 12.4 Å². The molecule has 1 aliphatic rings. The van der Waals surface area contributed by atoms with Gasteiger partial charge in [0.05, 0.1) is 5.56 Å². The average Bonchev–Trinajstić information content (AvgIpc) is 3.07. The Morgan fingerprint density at radius 3 is 2.88 bits per heavy atom. The number of carbonyl (C=O) groups is 1. The van der Waals surface area contributed by atoms with Gasteiger partial charge < -0.3 is 5.32 Å². The van der Waals surface area contributed by atoms with Crippen LogP contribution in [-0.4, -0.2) is 23.3 Å². The minimum absolute atomic E-state index is 0.0398. The molecule has 1 amide bonds. The van der Waals surface area contributed by atoms with Gasteiger partial charge in [0.2, 0.25) is 0 Å². The standard InChI is InChI=1S/C13H17ClN2O/c1-10-6-11(8-15-7-10)12(17)16-9-13(2-3-13)4-5-14/h6-8H,2-5,9H2,1H3,(H,16,17). The fourth-order valence-electron chi connectivity index (χ4n) is 1.94. The molecule has 2 rings (SSSR count). The number of aromatic nitrogens is 1. The van der Waals surface area contributed by atoms with E-state index in [4.69, 9.17) is 11.6 Å². The van der Waals surface area contributed by atoms with Crippen molar-refractivity contribution >= 4 is 17.5 Å². The molecule has 0 aliphatic heterocycles. The second-order valence-electron chi connectivity index (χ2n) is 4.87. The van der Waals surface area contributed by atoms with Crippen molar-refractivity contribution < 1.29 is 4.79 Å². The van der Waals surface area contributed by atoms with Crippen molar-refractivity contribution in [2.45, 2.75) is 26.2 Å². The summed E-state index contributed by atoms with van der Waals surface area (Å²) in [5.74, 6) is 0.629. The molecule has 1 fully saturated rings. The number of amides is 1. The summed E-state index contributed by atoms with van der Waals surface area (Å²) in [6.45, 7) is 2.66. The van der Waals surface area contributed by atoms with Crippen LogP contribution in [0.2, 0.25) is 0 Å². The third-order valence-electron chi connectivity index (χ3n) is 3.34. The molecule has 4 heteroatoms. The minimum Gasteiger partial charge on any atom is -0.351 e. The second kappa shape index (κ2) is 5.05. The Kier molecular flexibility index (Phi) is 3.67. The molecule has 1 aliphatic carbocycles. The van der Waals surface area contributed by atoms with Crippen molar-refractivity contribution in [1.29, 1.82) is 0 Å². The van der Waals surface area contributed by atoms with Gasteiger partial charge >= 0.3 is 0 Å². The van der Waals surface area contributed by atoms with Crippen LogP contribution in [0.25, 0.3) is 0 Å². The molecule has 17 heavy (non-hydrogen) atoms. The van der Waals surface area contributed by atoms with Gasteiger partial charge in [-0.2, -0.15) is 0 Å². The van der Waals surface area contributed by atoms with Crippen LogP contribution >= 0.6 is 11.6 Å². The molecule has 0 radical (unpaired) electrons. The van der Waals surface area contributed by atoms with Gasteiger partial charge in [0, 0.05) is 24.8 Å². The second-order valence-corrected chi connectivity index (χ2v) is 5.25. The number of aryl methyl sites for hydroxylation is 1. The lowest BCUT2D eigenvalue weighted by Gasteiger charge is -2.14. The van der Waals surface area contributed by atoms with Crippen molar-refractivity contribution in [1.82, 2.24) is 10.3 Å². The maximum absolute atomic E-state index is 11.9. The summed E-state index contributed by atoms with van der Waals surface area (Å²) in [6.07, 6.45) is 6.68. The number of alkyl halides is 1. The zero-order valence-electron chi connectivity index (χ0n) is 10.0. The number of carbonyl (C=O) groups excluding carboxylic acids is 1. The third kappa shape index (κ3) is 3.19. The van der Waals surface area contributed by atoms with Crippen LogP contribution in [0.5, 0.6) is 0 Å². The Bertz CT molecular complexity index is 416. The summed E-state index contributed by atoms with van der Waals surface area (Å²) in [6, 6.07) is 1.85. The Morgan fingerprint density at radius 2 is 2.29 bits per heavy atom. The molecule has 1 N–H and O–H groups in total. The smallest absolute Gasteiger partial charge is 0.252 e. The molecule has 1 aromatic heterocycles. The monoisotopic (exact) mass is 252 g/mol. The van der Waals surface area contributed by atoms with E-state index in [1.165, 1.54) is 12.8 Å². The number of halogens is 1. The van der Waals surface area contributed by atoms with Crippen molar-refractivity contribution in [3.63, 3.8) is 0 Å². The van der Waals surface area contributed by atoms with Crippen LogP contribution in [0.4, 0.5) is 0 Å². The van der Waals surface area contributed by atoms with Gasteiger partial charge in [0.1, 0.15) is 0 Å². The normalized spacial score (nSPS) is 16.6. The predicted molar refractivity (Wildman–Crippen MR) is 68.3 cm³/mol. The SMILES string of the molecule is Cc1cncc(C(=O)NCC2(CCCl)CC2)c1. The summed E-state index contributed by atoms with van der Waals surface area (Å²) < 4.78 is 0. The number of pyridine rings is 1. The number of rotatable bonds is 5. The van der Waals surface area contributed by atoms with Crippen molar-refractivity contribution in [3.05, 3.63) is 29.6 Å². The molecule has 1 heterocycles. The van der Waals surface area contributed by atoms with Gasteiger partial charge in [-0.05, 0) is 43.2 Å². The van der Waals surface area contributed by atoms with E-state index < -0.39 is 0 Å². The van der Waals surface area contributed by atoms with E-state index in [1.54, 1.807) is 12.4 Å². The molecule has 0 saturated heterocycles. The molecule has 1 aromatic rings. The minimum atomic E-state index is -0.0398. The first-order valence-corrected chi connectivity index (χ1v) is 6.44. The van der Waals surface area contributed by atoms with Gasteiger partial charge in [0.15, 0.2) is 0 Å². The summed E-state index contributed by atoms with van der Waals surface area (Å²) in [5, 5.41) is 2.98. The Balaban J connectivity index is 1.90. The Hall–Kier alpha value is -1.09. The topological polar surface area (TPSA) is 42.0 Å². The lowest BCUT2D eigenvalue weighted by molar-refractivity contribution is 0.0944. The lowest BCUT2D eigenvalue weighted by atomic mass is 10.0. The fraction of sp³-hybridized carbons (Fsp3) is 0.538. The Morgan fingerprint density at radius 1 is 1.53 bits per heavy atom. The Labute approximate surface area is 107 Å². The highest BCUT2D eigenvalue weighted by atomic mass is 35.5. The summed E-state index contributed by atoms with van der Waals surface area (Å²) in [4.78, 5) is 15.9. The number of nitrogens with zero attached hydrogens (tertiary/aromatic N) is 1. The van der Waals surface area contributed by atoms with Crippen LogP contribution in [0.3, 0.4) is 0 Å². The highest BCUT2D eigenvalue weighted by molar-refractivity contribution is 6.17. The fourth-order valence-corrected chi connectivity index (χ4v) is 2.34. The summed E-state index contributed by atoms with van der Waals surface area (Å²) in [5.41, 5.74) is 1.90. The molecule has 0 spiro atoms. The van der Waals surface area contributed by atoms with Gasteiger partial charge in [-0.25, -0.2) is 0 Å². The van der Waals surface area contributed by atoms with Gasteiger partial charge in [-0.3, -0.25) is 9.78 Å². The maximum atomic E-state index is 11.9. The molecule has 0 atom stereocenters. The molecule has 1 saturated carbocycles. The van der Waals surface area contributed by atoms with E-state index in [0.717, 1.165) is 18.5 Å². The number of hydrogen-bond donors (Lipinski definition) is 1. The van der Waals surface area contributed by atoms with E-state index in [0.29, 0.717) is 11.4 Å². The first-order valence-electron chi connectivity index (χ1n) is 5.91. The molecular formula is C13H17ClN2O. The lowest BCUT2D eigenvalue weighted by Crippen LogP contribution is -2.30. The first-order chi connectivity index (χ1) is 8.15. The molecule has 0 unspecified atom stereocenters. The zero-order chi connectivity index (χ0) is 12.3. The van der Waals surface area contributed by atoms with E-state index in [1.807, 2.05) is 13.0 Å². The van der Waals surface area contributed by atoms with Gasteiger partial charge in [-0.15, -0.1) is 11.6 Å². The first kappa shape index (κ1) is 12.4. The molecule has 0 bridgehead atoms. The average molecular weight is 253 g/mol. The third-order valence-corrected chi connectivity index (χ3v) is 3.53. The van der Waals surface area contributed by atoms with E-state index >= 15 is 0 Å². The highest BCUT2D eigenvalue weighted by Gasteiger charge is 2.41. The van der Waals surface area contributed by atoms with Crippen molar-refractivity contribution in [2.24, 2.45) is 5.41 Å². The van der Waals surface area contributed by atoms with E-state index in [2.05, 4.69) is 10.3 Å². The largest absolute Gasteiger partial charge is 0.351 e. The number of nitrogens with one attached hydrogen (secondary N) is 1. The van der Waals surface area contributed by atoms with Gasteiger partial charge in [-0.1, -0.05) is 0 Å². The summed E-state index contributed by atoms with van der Waals surface area (Å²) >= 11 is 5.76. The van der Waals surface area contributed by atoms with Crippen LogP contribution in [-0.2, 0) is 0 Å². The van der Waals surface area contributed by atoms with Crippen LogP contribution in [0.15, 0.2) is 18.5 Å². The maximum Gasteiger partial charge on any atom is 0.252 e. The molecule has 92 valence electrons. The summed E-state index contributed by atoms with van der Waals surface area (Å²) in [7, 11) is 0.